The summed E-state index contributed by atoms with van der Waals surface area (Å²) in [6.45, 7) is 16.2. The summed E-state index contributed by atoms with van der Waals surface area (Å²) in [6.07, 6.45) is 8.06. The van der Waals surface area contributed by atoms with E-state index in [1.54, 1.807) is 25.2 Å². The number of carbonyl (C=O) groups excluding carboxylic acids is 2. The predicted molar refractivity (Wildman–Crippen MR) is 108 cm³/mol. The molecule has 0 aromatic rings. The van der Waals surface area contributed by atoms with Crippen molar-refractivity contribution in [2.24, 2.45) is 15.7 Å². The summed E-state index contributed by atoms with van der Waals surface area (Å²) in [5.41, 5.74) is 6.97. The molecule has 0 aliphatic heterocycles. The van der Waals surface area contributed by atoms with Gasteiger partial charge in [0.15, 0.2) is 0 Å². The van der Waals surface area contributed by atoms with E-state index >= 15 is 0 Å². The third kappa shape index (κ3) is 9.17. The van der Waals surface area contributed by atoms with E-state index in [0.29, 0.717) is 17.2 Å². The predicted octanol–water partition coefficient (Wildman–Crippen LogP) is 2.07. The van der Waals surface area contributed by atoms with Crippen molar-refractivity contribution >= 4 is 24.4 Å². The number of hydrogen-bond acceptors (Lipinski definition) is 4. The van der Waals surface area contributed by atoms with Crippen LogP contribution in [0.25, 0.3) is 0 Å². The maximum Gasteiger partial charge on any atom is 0.250 e. The summed E-state index contributed by atoms with van der Waals surface area (Å²) in [5.74, 6) is -0.171. The molecule has 7 heteroatoms. The van der Waals surface area contributed by atoms with E-state index in [9.17, 15) is 9.59 Å². The molecule has 0 saturated carbocycles. The van der Waals surface area contributed by atoms with Crippen molar-refractivity contribution < 1.29 is 9.59 Å². The molecule has 26 heavy (non-hydrogen) atoms. The highest BCUT2D eigenvalue weighted by molar-refractivity contribution is 5.95. The van der Waals surface area contributed by atoms with Crippen LogP contribution in [0.2, 0.25) is 0 Å². The summed E-state index contributed by atoms with van der Waals surface area (Å²) in [6, 6.07) is 0. The second kappa shape index (κ2) is 12.2. The van der Waals surface area contributed by atoms with Crippen LogP contribution in [0, 0.1) is 0 Å². The number of amides is 2. The average molecular weight is 357 g/mol. The molecule has 0 spiro atoms. The number of nitrogens with zero attached hydrogens (tertiary/aromatic N) is 3. The highest BCUT2D eigenvalue weighted by Gasteiger charge is 2.09. The van der Waals surface area contributed by atoms with Crippen LogP contribution in [0.3, 0.4) is 0 Å². The number of nitrogens with one attached hydrogen (secondary N) is 1. The van der Waals surface area contributed by atoms with Crippen molar-refractivity contribution in [2.75, 3.05) is 13.1 Å². The largest absolute Gasteiger partial charge is 0.384 e. The third-order valence-electron chi connectivity index (χ3n) is 3.10. The first-order chi connectivity index (χ1) is 12.2. The van der Waals surface area contributed by atoms with E-state index in [-0.39, 0.29) is 30.5 Å². The van der Waals surface area contributed by atoms with E-state index in [1.807, 2.05) is 6.92 Å². The molecule has 0 aliphatic carbocycles. The zero-order valence-corrected chi connectivity index (χ0v) is 15.7. The highest BCUT2D eigenvalue weighted by Crippen LogP contribution is 2.06. The number of amidine groups is 1. The van der Waals surface area contributed by atoms with Gasteiger partial charge in [-0.2, -0.15) is 0 Å². The zero-order chi connectivity index (χ0) is 20.1. The lowest BCUT2D eigenvalue weighted by molar-refractivity contribution is -0.126. The summed E-state index contributed by atoms with van der Waals surface area (Å²) in [4.78, 5) is 32.8. The molecule has 140 valence electrons. The Morgan fingerprint density at radius 2 is 1.96 bits per heavy atom. The number of aliphatic imine (C=N–C) groups is 2. The molecule has 0 unspecified atom stereocenters. The van der Waals surface area contributed by atoms with Gasteiger partial charge in [-0.1, -0.05) is 19.2 Å². The van der Waals surface area contributed by atoms with Gasteiger partial charge in [0.25, 0.3) is 5.91 Å². The summed E-state index contributed by atoms with van der Waals surface area (Å²) < 4.78 is 0. The Hall–Kier alpha value is -3.22. The molecule has 0 aromatic heterocycles. The van der Waals surface area contributed by atoms with Gasteiger partial charge < -0.3 is 16.0 Å². The molecule has 2 amide bonds. The Bertz CT molecular complexity index is 684. The lowest BCUT2D eigenvalue weighted by atomic mass is 10.2. The summed E-state index contributed by atoms with van der Waals surface area (Å²) >= 11 is 0. The molecule has 0 rings (SSSR count). The minimum Gasteiger partial charge on any atom is -0.384 e. The van der Waals surface area contributed by atoms with Gasteiger partial charge in [-0.3, -0.25) is 14.6 Å². The van der Waals surface area contributed by atoms with Crippen molar-refractivity contribution in [3.05, 3.63) is 60.6 Å². The first-order valence-electron chi connectivity index (χ1n) is 7.92. The Morgan fingerprint density at radius 1 is 1.31 bits per heavy atom. The summed E-state index contributed by atoms with van der Waals surface area (Å²) in [7, 11) is 0. The van der Waals surface area contributed by atoms with Gasteiger partial charge in [-0.05, 0) is 45.0 Å². The minimum absolute atomic E-state index is 0.159. The zero-order valence-electron chi connectivity index (χ0n) is 15.7. The normalized spacial score (nSPS) is 12.7. The molecule has 0 heterocycles. The summed E-state index contributed by atoms with van der Waals surface area (Å²) in [5, 5.41) is 2.69. The Balaban J connectivity index is 4.82. The van der Waals surface area contributed by atoms with Crippen LogP contribution in [-0.2, 0) is 9.59 Å². The second-order valence-electron chi connectivity index (χ2n) is 5.24. The molecule has 0 aromatic carbocycles. The van der Waals surface area contributed by atoms with Crippen LogP contribution < -0.4 is 11.1 Å². The fraction of sp³-hybridized carbons (Fsp3) is 0.263. The van der Waals surface area contributed by atoms with Gasteiger partial charge in [0, 0.05) is 24.7 Å². The van der Waals surface area contributed by atoms with Gasteiger partial charge in [0.2, 0.25) is 5.91 Å². The van der Waals surface area contributed by atoms with Crippen LogP contribution in [0.1, 0.15) is 20.8 Å². The second-order valence-corrected chi connectivity index (χ2v) is 5.24. The standard InChI is InChI=1S/C19H27N5O2/c1-7-9-18(20)23-15(4)10-11-22-19(26)14(3)12-17(21-6)13-24(8-2)16(5)25/h7-10,12H,2-3,6,11,13H2,1,4-5H3,(H2,20,23)(H,22,26)/b9-7+,15-10+,17-12-. The molecule has 0 atom stereocenters. The van der Waals surface area contributed by atoms with Crippen LogP contribution in [0.15, 0.2) is 70.6 Å². The van der Waals surface area contributed by atoms with Gasteiger partial charge in [-0.15, -0.1) is 0 Å². The Kier molecular flexibility index (Phi) is 10.7. The van der Waals surface area contributed by atoms with E-state index in [4.69, 9.17) is 5.73 Å². The SMILES string of the molecule is C=CN(C/C(=C/C(=C)C(=O)NC/C=C(C)/N=C(N)/C=C/C)N=C)C(C)=O. The van der Waals surface area contributed by atoms with Gasteiger partial charge in [0.1, 0.15) is 5.84 Å². The van der Waals surface area contributed by atoms with Crippen molar-refractivity contribution in [2.45, 2.75) is 20.8 Å². The van der Waals surface area contributed by atoms with E-state index in [2.05, 4.69) is 35.2 Å². The van der Waals surface area contributed by atoms with E-state index in [1.165, 1.54) is 24.1 Å². The maximum atomic E-state index is 12.1. The lowest BCUT2D eigenvalue weighted by Crippen LogP contribution is -2.26. The quantitative estimate of drug-likeness (QED) is 0.271. The molecule has 7 nitrogen and oxygen atoms in total. The number of allylic oxidation sites excluding steroid dienone is 2. The van der Waals surface area contributed by atoms with Crippen molar-refractivity contribution in [1.82, 2.24) is 10.2 Å². The monoisotopic (exact) mass is 357 g/mol. The van der Waals surface area contributed by atoms with Gasteiger partial charge in [0.05, 0.1) is 12.2 Å². The molecule has 0 fully saturated rings. The number of rotatable bonds is 10. The van der Waals surface area contributed by atoms with E-state index in [0.717, 1.165) is 0 Å². The maximum absolute atomic E-state index is 12.1. The molecular weight excluding hydrogens is 330 g/mol. The third-order valence-corrected chi connectivity index (χ3v) is 3.10. The Morgan fingerprint density at radius 3 is 2.46 bits per heavy atom. The van der Waals surface area contributed by atoms with E-state index < -0.39 is 0 Å². The molecular formula is C19H27N5O2. The number of hydrogen-bond donors (Lipinski definition) is 2. The lowest BCUT2D eigenvalue weighted by Gasteiger charge is -2.15. The van der Waals surface area contributed by atoms with Crippen LogP contribution in [0.5, 0.6) is 0 Å². The van der Waals surface area contributed by atoms with Crippen LogP contribution in [-0.4, -0.2) is 42.4 Å². The highest BCUT2D eigenvalue weighted by atomic mass is 16.2. The number of carbonyl (C=O) groups is 2. The fourth-order valence-electron chi connectivity index (χ4n) is 1.75. The molecule has 0 bridgehead atoms. The first-order valence-corrected chi connectivity index (χ1v) is 7.92. The average Bonchev–Trinajstić information content (AvgIpc) is 2.57. The Labute approximate surface area is 155 Å². The number of nitrogens with two attached hydrogens (primary N) is 1. The van der Waals surface area contributed by atoms with Crippen molar-refractivity contribution in [3.8, 4) is 0 Å². The molecule has 0 saturated heterocycles. The smallest absolute Gasteiger partial charge is 0.250 e. The first kappa shape index (κ1) is 22.8. The van der Waals surface area contributed by atoms with Crippen molar-refractivity contribution in [1.29, 1.82) is 0 Å². The molecule has 0 aliphatic rings. The van der Waals surface area contributed by atoms with Crippen LogP contribution in [0.4, 0.5) is 0 Å². The minimum atomic E-state index is -0.367. The van der Waals surface area contributed by atoms with Gasteiger partial charge >= 0.3 is 0 Å². The molecule has 0 radical (unpaired) electrons. The molecule has 3 N–H and O–H groups in total. The topological polar surface area (TPSA) is 100 Å². The fourth-order valence-corrected chi connectivity index (χ4v) is 1.75. The van der Waals surface area contributed by atoms with Crippen LogP contribution >= 0.6 is 0 Å². The van der Waals surface area contributed by atoms with Crippen molar-refractivity contribution in [3.63, 3.8) is 0 Å². The van der Waals surface area contributed by atoms with Gasteiger partial charge in [-0.25, -0.2) is 4.99 Å².